The molecule has 3 aromatic rings. The smallest absolute Gasteiger partial charge is 0.305 e. The molecule has 0 aliphatic rings. The van der Waals surface area contributed by atoms with Crippen LogP contribution in [0.5, 0.6) is 0 Å². The minimum Gasteiger partial charge on any atom is -0.305 e. The minimum atomic E-state index is -3.72. The van der Waals surface area contributed by atoms with Gasteiger partial charge >= 0.3 is 11.1 Å². The van der Waals surface area contributed by atoms with Gasteiger partial charge in [-0.2, -0.15) is 0 Å². The van der Waals surface area contributed by atoms with Gasteiger partial charge in [0.1, 0.15) is 4.21 Å². The summed E-state index contributed by atoms with van der Waals surface area (Å²) < 4.78 is 30.6. The summed E-state index contributed by atoms with van der Waals surface area (Å²) >= 11 is 4.32. The molecule has 1 aromatic carbocycles. The van der Waals surface area contributed by atoms with Crippen LogP contribution in [0.1, 0.15) is 0 Å². The van der Waals surface area contributed by atoms with Crippen LogP contribution in [0.2, 0.25) is 0 Å². The molecule has 0 aliphatic carbocycles. The Morgan fingerprint density at radius 2 is 1.62 bits per heavy atom. The van der Waals surface area contributed by atoms with Gasteiger partial charge in [-0.3, -0.25) is 14.3 Å². The van der Waals surface area contributed by atoms with Gasteiger partial charge in [-0.15, -0.1) is 11.3 Å². The molecule has 3 rings (SSSR count). The highest BCUT2D eigenvalue weighted by atomic mass is 79.9. The van der Waals surface area contributed by atoms with Gasteiger partial charge in [-0.1, -0.05) is 0 Å². The number of benzene rings is 1. The summed E-state index contributed by atoms with van der Waals surface area (Å²) in [4.78, 5) is 23.7. The zero-order valence-electron chi connectivity index (χ0n) is 12.6. The van der Waals surface area contributed by atoms with E-state index in [4.69, 9.17) is 0 Å². The van der Waals surface area contributed by atoms with E-state index in [-0.39, 0.29) is 4.21 Å². The monoisotopic (exact) mass is 429 g/mol. The van der Waals surface area contributed by atoms with E-state index in [0.29, 0.717) is 20.5 Å². The van der Waals surface area contributed by atoms with E-state index in [9.17, 15) is 18.0 Å². The zero-order valence-corrected chi connectivity index (χ0v) is 15.8. The number of nitrogens with one attached hydrogen (secondary N) is 1. The molecule has 2 heterocycles. The Morgan fingerprint density at radius 3 is 2.21 bits per heavy atom. The van der Waals surface area contributed by atoms with E-state index in [1.165, 1.54) is 35.4 Å². The van der Waals surface area contributed by atoms with Crippen molar-refractivity contribution in [2.75, 3.05) is 4.72 Å². The Balaban J connectivity index is 2.12. The first-order valence-electron chi connectivity index (χ1n) is 6.68. The summed E-state index contributed by atoms with van der Waals surface area (Å²) in [5.41, 5.74) is -0.0202. The van der Waals surface area contributed by atoms with Crippen LogP contribution in [-0.4, -0.2) is 17.6 Å². The quantitative estimate of drug-likeness (QED) is 0.643. The lowest BCUT2D eigenvalue weighted by molar-refractivity contribution is 0.603. The Labute approximate surface area is 149 Å². The third-order valence-corrected chi connectivity index (χ3v) is 7.05. The van der Waals surface area contributed by atoms with Crippen molar-refractivity contribution in [1.29, 1.82) is 0 Å². The Morgan fingerprint density at radius 1 is 1.00 bits per heavy atom. The molecule has 0 spiro atoms. The highest BCUT2D eigenvalue weighted by Crippen LogP contribution is 2.28. The van der Waals surface area contributed by atoms with Crippen molar-refractivity contribution in [2.24, 2.45) is 14.1 Å². The van der Waals surface area contributed by atoms with Crippen LogP contribution in [0.25, 0.3) is 11.0 Å². The van der Waals surface area contributed by atoms with Crippen LogP contribution >= 0.6 is 27.3 Å². The van der Waals surface area contributed by atoms with E-state index < -0.39 is 21.1 Å². The van der Waals surface area contributed by atoms with Crippen LogP contribution in [-0.2, 0) is 24.1 Å². The molecule has 0 radical (unpaired) electrons. The normalized spacial score (nSPS) is 11.8. The Hall–Kier alpha value is -1.91. The van der Waals surface area contributed by atoms with Crippen LogP contribution in [0, 0.1) is 0 Å². The number of hydrogen-bond donors (Lipinski definition) is 1. The van der Waals surface area contributed by atoms with E-state index in [0.717, 1.165) is 11.3 Å². The van der Waals surface area contributed by atoms with Gasteiger partial charge < -0.3 is 9.13 Å². The van der Waals surface area contributed by atoms with Crippen molar-refractivity contribution in [3.8, 4) is 0 Å². The number of halogens is 1. The molecule has 0 atom stereocenters. The molecule has 10 heteroatoms. The van der Waals surface area contributed by atoms with E-state index >= 15 is 0 Å². The van der Waals surface area contributed by atoms with Crippen molar-refractivity contribution >= 4 is 54.0 Å². The standard InChI is InChI=1S/C14H12BrN3O4S2/c1-17-9-4-3-8(7-10(9)18(2)14(20)13(17)19)16-24(21,22)12-6-5-11(15)23-12/h3-7,16H,1-2H3. The number of thiophene rings is 1. The largest absolute Gasteiger partial charge is 0.316 e. The van der Waals surface area contributed by atoms with Gasteiger partial charge in [0.05, 0.1) is 20.5 Å². The zero-order chi connectivity index (χ0) is 17.6. The number of rotatable bonds is 3. The fraction of sp³-hybridized carbons (Fsp3) is 0.143. The highest BCUT2D eigenvalue weighted by Gasteiger charge is 2.17. The van der Waals surface area contributed by atoms with Crippen LogP contribution in [0.4, 0.5) is 5.69 Å². The molecule has 0 saturated carbocycles. The second-order valence-electron chi connectivity index (χ2n) is 5.10. The molecule has 0 amide bonds. The third kappa shape index (κ3) is 2.80. The predicted molar refractivity (Wildman–Crippen MR) is 97.3 cm³/mol. The lowest BCUT2D eigenvalue weighted by Gasteiger charge is -2.11. The van der Waals surface area contributed by atoms with Crippen molar-refractivity contribution in [2.45, 2.75) is 4.21 Å². The van der Waals surface area contributed by atoms with E-state index in [2.05, 4.69) is 20.7 Å². The summed E-state index contributed by atoms with van der Waals surface area (Å²) in [6.07, 6.45) is 0. The molecule has 0 bridgehead atoms. The molecule has 0 saturated heterocycles. The topological polar surface area (TPSA) is 90.2 Å². The number of nitrogens with zero attached hydrogens (tertiary/aromatic N) is 2. The fourth-order valence-electron chi connectivity index (χ4n) is 2.29. The molecule has 7 nitrogen and oxygen atoms in total. The summed E-state index contributed by atoms with van der Waals surface area (Å²) in [6.45, 7) is 0. The molecular weight excluding hydrogens is 418 g/mol. The van der Waals surface area contributed by atoms with Crippen LogP contribution in [0.15, 0.2) is 47.9 Å². The van der Waals surface area contributed by atoms with Gasteiger partial charge in [-0.25, -0.2) is 8.42 Å². The van der Waals surface area contributed by atoms with Crippen molar-refractivity contribution < 1.29 is 8.42 Å². The van der Waals surface area contributed by atoms with E-state index in [1.807, 2.05) is 0 Å². The van der Waals surface area contributed by atoms with E-state index in [1.54, 1.807) is 18.2 Å². The molecule has 126 valence electrons. The maximum absolute atomic E-state index is 12.4. The SMILES string of the molecule is Cn1c(=O)c(=O)n(C)c2cc(NS(=O)(=O)c3ccc(Br)s3)ccc21. The number of hydrogen-bond acceptors (Lipinski definition) is 5. The predicted octanol–water partition coefficient (Wildman–Crippen LogP) is 1.86. The summed E-state index contributed by atoms with van der Waals surface area (Å²) in [5, 5.41) is 0. The lowest BCUT2D eigenvalue weighted by atomic mass is 10.2. The lowest BCUT2D eigenvalue weighted by Crippen LogP contribution is -2.39. The Kier molecular flexibility index (Phi) is 4.14. The molecule has 1 N–H and O–H groups in total. The van der Waals surface area contributed by atoms with Gasteiger partial charge in [0.15, 0.2) is 0 Å². The number of anilines is 1. The summed E-state index contributed by atoms with van der Waals surface area (Å²) in [7, 11) is -0.748. The van der Waals surface area contributed by atoms with Gasteiger partial charge in [0.2, 0.25) is 0 Å². The summed E-state index contributed by atoms with van der Waals surface area (Å²) in [6, 6.07) is 7.82. The van der Waals surface area contributed by atoms with Crippen LogP contribution in [0.3, 0.4) is 0 Å². The van der Waals surface area contributed by atoms with Gasteiger partial charge in [0, 0.05) is 14.1 Å². The fourth-order valence-corrected chi connectivity index (χ4v) is 5.35. The maximum atomic E-state index is 12.4. The molecular formula is C14H12BrN3O4S2. The molecule has 0 unspecified atom stereocenters. The minimum absolute atomic E-state index is 0.170. The first-order chi connectivity index (χ1) is 11.2. The molecule has 2 aromatic heterocycles. The molecule has 0 aliphatic heterocycles. The van der Waals surface area contributed by atoms with Gasteiger partial charge in [-0.05, 0) is 46.3 Å². The number of sulfonamides is 1. The highest BCUT2D eigenvalue weighted by molar-refractivity contribution is 9.11. The maximum Gasteiger partial charge on any atom is 0.316 e. The van der Waals surface area contributed by atoms with Crippen LogP contribution < -0.4 is 15.8 Å². The average Bonchev–Trinajstić information content (AvgIpc) is 2.98. The first kappa shape index (κ1) is 16.9. The average molecular weight is 430 g/mol. The van der Waals surface area contributed by atoms with Crippen molar-refractivity contribution in [3.05, 3.63) is 54.8 Å². The number of fused-ring (bicyclic) bond motifs is 1. The number of aromatic nitrogens is 2. The molecule has 24 heavy (non-hydrogen) atoms. The Bertz CT molecular complexity index is 1170. The molecule has 0 fully saturated rings. The number of aryl methyl sites for hydroxylation is 2. The van der Waals surface area contributed by atoms with Gasteiger partial charge in [0.25, 0.3) is 10.0 Å². The second-order valence-corrected chi connectivity index (χ2v) is 9.47. The second kappa shape index (κ2) is 5.87. The first-order valence-corrected chi connectivity index (χ1v) is 9.78. The van der Waals surface area contributed by atoms with Crippen molar-refractivity contribution in [3.63, 3.8) is 0 Å². The third-order valence-electron chi connectivity index (χ3n) is 3.56. The van der Waals surface area contributed by atoms with Crippen molar-refractivity contribution in [1.82, 2.24) is 9.13 Å². The summed E-state index contributed by atoms with van der Waals surface area (Å²) in [5.74, 6) is 0.